The summed E-state index contributed by atoms with van der Waals surface area (Å²) < 4.78 is 0. The maximum atomic E-state index is 10.7. The van der Waals surface area contributed by atoms with E-state index in [9.17, 15) is 4.79 Å². The SMILES string of the molecule is CN1C=C[C](N)NC1=O. The fourth-order valence-corrected chi connectivity index (χ4v) is 0.513. The number of nitrogens with one attached hydrogen (secondary N) is 1. The van der Waals surface area contributed by atoms with Gasteiger partial charge in [0.2, 0.25) is 0 Å². The predicted octanol–water partition coefficient (Wildman–Crippen LogP) is -0.397. The number of urea groups is 1. The summed E-state index contributed by atoms with van der Waals surface area (Å²) in [4.78, 5) is 12.1. The first-order chi connectivity index (χ1) is 4.20. The lowest BCUT2D eigenvalue weighted by atomic mass is 10.4. The lowest BCUT2D eigenvalue weighted by Gasteiger charge is -2.20. The molecule has 0 fully saturated rings. The number of amides is 2. The van der Waals surface area contributed by atoms with Crippen molar-refractivity contribution >= 4 is 6.03 Å². The van der Waals surface area contributed by atoms with Crippen LogP contribution in [-0.4, -0.2) is 18.0 Å². The van der Waals surface area contributed by atoms with E-state index < -0.39 is 0 Å². The summed E-state index contributed by atoms with van der Waals surface area (Å²) in [5, 5.41) is 2.42. The van der Waals surface area contributed by atoms with Gasteiger partial charge in [0.15, 0.2) is 6.17 Å². The molecule has 0 saturated carbocycles. The van der Waals surface area contributed by atoms with Gasteiger partial charge >= 0.3 is 6.03 Å². The van der Waals surface area contributed by atoms with Crippen molar-refractivity contribution in [2.24, 2.45) is 5.73 Å². The molecular formula is C5H8N3O. The Kier molecular flexibility index (Phi) is 1.40. The molecule has 1 aliphatic heterocycles. The van der Waals surface area contributed by atoms with Gasteiger partial charge in [0.05, 0.1) is 0 Å². The summed E-state index contributed by atoms with van der Waals surface area (Å²) in [5.41, 5.74) is 5.26. The Labute approximate surface area is 53.3 Å². The van der Waals surface area contributed by atoms with E-state index in [0.29, 0.717) is 6.17 Å². The minimum Gasteiger partial charge on any atom is -0.312 e. The quantitative estimate of drug-likeness (QED) is 0.464. The summed E-state index contributed by atoms with van der Waals surface area (Å²) in [6.45, 7) is 0. The van der Waals surface area contributed by atoms with Crippen LogP contribution in [0, 0.1) is 6.17 Å². The van der Waals surface area contributed by atoms with Crippen molar-refractivity contribution in [2.45, 2.75) is 0 Å². The molecule has 0 aromatic heterocycles. The third-order valence-corrected chi connectivity index (χ3v) is 1.05. The van der Waals surface area contributed by atoms with Crippen LogP contribution < -0.4 is 11.1 Å². The number of nitrogens with two attached hydrogens (primary N) is 1. The first kappa shape index (κ1) is 6.10. The molecule has 0 aromatic carbocycles. The number of carbonyl (C=O) groups is 1. The Morgan fingerprint density at radius 3 is 2.89 bits per heavy atom. The first-order valence-electron chi connectivity index (χ1n) is 2.54. The van der Waals surface area contributed by atoms with Crippen molar-refractivity contribution < 1.29 is 4.79 Å². The predicted molar refractivity (Wildman–Crippen MR) is 32.9 cm³/mol. The van der Waals surface area contributed by atoms with Crippen molar-refractivity contribution in [2.75, 3.05) is 7.05 Å². The molecule has 9 heavy (non-hydrogen) atoms. The van der Waals surface area contributed by atoms with Crippen molar-refractivity contribution in [1.29, 1.82) is 0 Å². The van der Waals surface area contributed by atoms with Crippen LogP contribution in [0.25, 0.3) is 0 Å². The van der Waals surface area contributed by atoms with Crippen LogP contribution in [0.5, 0.6) is 0 Å². The summed E-state index contributed by atoms with van der Waals surface area (Å²) in [7, 11) is 1.65. The third kappa shape index (κ3) is 1.20. The Bertz CT molecular complexity index is 154. The molecule has 49 valence electrons. The zero-order valence-electron chi connectivity index (χ0n) is 5.09. The summed E-state index contributed by atoms with van der Waals surface area (Å²) >= 11 is 0. The monoisotopic (exact) mass is 126 g/mol. The van der Waals surface area contributed by atoms with Crippen LogP contribution in [0.1, 0.15) is 0 Å². The standard InChI is InChI=1S/C5H8N3O/c1-8-3-2-4(6)7-5(8)9/h2-3H,6H2,1H3,(H,7,9). The van der Waals surface area contributed by atoms with E-state index >= 15 is 0 Å². The minimum absolute atomic E-state index is 0.199. The number of hydrogen-bond donors (Lipinski definition) is 2. The lowest BCUT2D eigenvalue weighted by Crippen LogP contribution is -2.42. The van der Waals surface area contributed by atoms with E-state index in [1.807, 2.05) is 0 Å². The molecule has 1 aliphatic rings. The van der Waals surface area contributed by atoms with Crippen LogP contribution in [0.3, 0.4) is 0 Å². The molecule has 0 saturated heterocycles. The molecule has 1 heterocycles. The third-order valence-electron chi connectivity index (χ3n) is 1.05. The molecule has 0 unspecified atom stereocenters. The summed E-state index contributed by atoms with van der Waals surface area (Å²) in [5.74, 6) is 0. The van der Waals surface area contributed by atoms with Crippen LogP contribution in [0.2, 0.25) is 0 Å². The highest BCUT2D eigenvalue weighted by molar-refractivity contribution is 5.77. The largest absolute Gasteiger partial charge is 0.322 e. The maximum Gasteiger partial charge on any atom is 0.322 e. The van der Waals surface area contributed by atoms with Crippen LogP contribution >= 0.6 is 0 Å². The van der Waals surface area contributed by atoms with Crippen LogP contribution in [0.15, 0.2) is 12.3 Å². The molecule has 3 N–H and O–H groups in total. The molecule has 0 aliphatic carbocycles. The maximum absolute atomic E-state index is 10.7. The van der Waals surface area contributed by atoms with Gasteiger partial charge in [0, 0.05) is 13.2 Å². The zero-order chi connectivity index (χ0) is 6.85. The van der Waals surface area contributed by atoms with Gasteiger partial charge in [-0.15, -0.1) is 0 Å². The van der Waals surface area contributed by atoms with Crippen molar-refractivity contribution in [1.82, 2.24) is 10.2 Å². The van der Waals surface area contributed by atoms with Gasteiger partial charge in [0.25, 0.3) is 0 Å². The zero-order valence-corrected chi connectivity index (χ0v) is 5.09. The van der Waals surface area contributed by atoms with E-state index in [1.165, 1.54) is 4.90 Å². The molecule has 0 bridgehead atoms. The van der Waals surface area contributed by atoms with Crippen LogP contribution in [-0.2, 0) is 0 Å². The second-order valence-corrected chi connectivity index (χ2v) is 1.81. The number of nitrogens with zero attached hydrogens (tertiary/aromatic N) is 1. The van der Waals surface area contributed by atoms with E-state index in [0.717, 1.165) is 0 Å². The topological polar surface area (TPSA) is 58.4 Å². The molecule has 0 spiro atoms. The van der Waals surface area contributed by atoms with E-state index in [-0.39, 0.29) is 6.03 Å². The van der Waals surface area contributed by atoms with Crippen molar-refractivity contribution in [3.05, 3.63) is 18.4 Å². The van der Waals surface area contributed by atoms with Gasteiger partial charge in [-0.3, -0.25) is 0 Å². The lowest BCUT2D eigenvalue weighted by molar-refractivity contribution is 0.221. The minimum atomic E-state index is -0.199. The van der Waals surface area contributed by atoms with E-state index in [2.05, 4.69) is 5.32 Å². The number of hydrogen-bond acceptors (Lipinski definition) is 2. The Balaban J connectivity index is 2.65. The second-order valence-electron chi connectivity index (χ2n) is 1.81. The van der Waals surface area contributed by atoms with Gasteiger partial charge < -0.3 is 16.0 Å². The van der Waals surface area contributed by atoms with Crippen LogP contribution in [0.4, 0.5) is 4.79 Å². The molecular weight excluding hydrogens is 118 g/mol. The molecule has 0 atom stereocenters. The molecule has 4 heteroatoms. The highest BCUT2D eigenvalue weighted by atomic mass is 16.2. The molecule has 0 aromatic rings. The van der Waals surface area contributed by atoms with E-state index in [4.69, 9.17) is 5.73 Å². The average Bonchev–Trinajstić information content (AvgIpc) is 1.80. The number of rotatable bonds is 0. The fraction of sp³-hybridized carbons (Fsp3) is 0.200. The summed E-state index contributed by atoms with van der Waals surface area (Å²) in [6.07, 6.45) is 3.62. The van der Waals surface area contributed by atoms with Gasteiger partial charge in [-0.2, -0.15) is 0 Å². The first-order valence-corrected chi connectivity index (χ1v) is 2.54. The Morgan fingerprint density at radius 2 is 2.44 bits per heavy atom. The Hall–Kier alpha value is -1.03. The molecule has 1 rings (SSSR count). The highest BCUT2D eigenvalue weighted by Crippen LogP contribution is 1.98. The van der Waals surface area contributed by atoms with Gasteiger partial charge in [-0.1, -0.05) is 0 Å². The molecule has 4 nitrogen and oxygen atoms in total. The molecule has 2 amide bonds. The van der Waals surface area contributed by atoms with Crippen molar-refractivity contribution in [3.63, 3.8) is 0 Å². The summed E-state index contributed by atoms with van der Waals surface area (Å²) in [6, 6.07) is -0.199. The van der Waals surface area contributed by atoms with Gasteiger partial charge in [0.1, 0.15) is 0 Å². The number of carbonyl (C=O) groups excluding carboxylic acids is 1. The highest BCUT2D eigenvalue weighted by Gasteiger charge is 2.13. The Morgan fingerprint density at radius 1 is 1.78 bits per heavy atom. The fourth-order valence-electron chi connectivity index (χ4n) is 0.513. The normalized spacial score (nSPS) is 20.2. The second kappa shape index (κ2) is 2.06. The molecule has 1 radical (unpaired) electrons. The van der Waals surface area contributed by atoms with E-state index in [1.54, 1.807) is 19.3 Å². The van der Waals surface area contributed by atoms with Gasteiger partial charge in [-0.05, 0) is 6.08 Å². The van der Waals surface area contributed by atoms with Gasteiger partial charge in [-0.25, -0.2) is 4.79 Å². The van der Waals surface area contributed by atoms with Crippen molar-refractivity contribution in [3.8, 4) is 0 Å². The smallest absolute Gasteiger partial charge is 0.312 e. The average molecular weight is 126 g/mol.